The zero-order valence-electron chi connectivity index (χ0n) is 12.2. The lowest BCUT2D eigenvalue weighted by molar-refractivity contribution is -0.113. The first kappa shape index (κ1) is 15.1. The molecule has 0 aliphatic rings. The Morgan fingerprint density at radius 2 is 2.00 bits per heavy atom. The maximum atomic E-state index is 12.0. The Balaban J connectivity index is 1.64. The molecule has 1 amide bonds. The highest BCUT2D eigenvalue weighted by molar-refractivity contribution is 7.99. The van der Waals surface area contributed by atoms with Crippen LogP contribution in [0.25, 0.3) is 5.82 Å². The molecule has 0 aromatic carbocycles. The van der Waals surface area contributed by atoms with Gasteiger partial charge in [0, 0.05) is 30.9 Å². The normalized spacial score (nSPS) is 10.5. The molecule has 3 heterocycles. The van der Waals surface area contributed by atoms with Gasteiger partial charge >= 0.3 is 0 Å². The second kappa shape index (κ2) is 6.97. The SMILES string of the molecule is Cc1nccn1-c1cc(NC(=O)CSc2ncccn2)ncn1. The van der Waals surface area contributed by atoms with Crippen molar-refractivity contribution in [2.75, 3.05) is 11.1 Å². The van der Waals surface area contributed by atoms with Gasteiger partial charge < -0.3 is 5.32 Å². The number of aryl methyl sites for hydroxylation is 1. The van der Waals surface area contributed by atoms with E-state index in [4.69, 9.17) is 0 Å². The third-order valence-electron chi connectivity index (χ3n) is 2.87. The second-order valence-electron chi connectivity index (χ2n) is 4.47. The summed E-state index contributed by atoms with van der Waals surface area (Å²) in [5.74, 6) is 1.90. The molecule has 0 atom stereocenters. The maximum absolute atomic E-state index is 12.0. The van der Waals surface area contributed by atoms with Crippen molar-refractivity contribution < 1.29 is 4.79 Å². The molecular weight excluding hydrogens is 314 g/mol. The predicted molar refractivity (Wildman–Crippen MR) is 85.3 cm³/mol. The standard InChI is InChI=1S/C14H13N7OS/c1-10-15-5-6-21(10)12-7-11(18-9-19-12)20-13(22)8-23-14-16-3-2-4-17-14/h2-7,9H,8H2,1H3,(H,18,19,20,22). The van der Waals surface area contributed by atoms with E-state index in [1.165, 1.54) is 18.1 Å². The van der Waals surface area contributed by atoms with Crippen molar-refractivity contribution in [3.05, 3.63) is 49.1 Å². The van der Waals surface area contributed by atoms with Crippen molar-refractivity contribution >= 4 is 23.5 Å². The smallest absolute Gasteiger partial charge is 0.236 e. The number of amides is 1. The van der Waals surface area contributed by atoms with Crippen LogP contribution in [0.15, 0.2) is 48.4 Å². The molecule has 0 aliphatic carbocycles. The minimum absolute atomic E-state index is 0.186. The monoisotopic (exact) mass is 327 g/mol. The lowest BCUT2D eigenvalue weighted by Crippen LogP contribution is -2.16. The zero-order valence-corrected chi connectivity index (χ0v) is 13.1. The molecule has 23 heavy (non-hydrogen) atoms. The van der Waals surface area contributed by atoms with Gasteiger partial charge in [0.25, 0.3) is 0 Å². The van der Waals surface area contributed by atoms with Crippen molar-refractivity contribution in [1.29, 1.82) is 0 Å². The zero-order chi connectivity index (χ0) is 16.1. The van der Waals surface area contributed by atoms with Gasteiger partial charge in [-0.3, -0.25) is 9.36 Å². The largest absolute Gasteiger partial charge is 0.310 e. The molecule has 116 valence electrons. The van der Waals surface area contributed by atoms with Crippen LogP contribution in [0.4, 0.5) is 5.82 Å². The van der Waals surface area contributed by atoms with Crippen LogP contribution in [0.2, 0.25) is 0 Å². The van der Waals surface area contributed by atoms with E-state index in [-0.39, 0.29) is 11.7 Å². The van der Waals surface area contributed by atoms with Gasteiger partial charge in [0.05, 0.1) is 5.75 Å². The van der Waals surface area contributed by atoms with Crippen molar-refractivity contribution in [3.8, 4) is 5.82 Å². The number of carbonyl (C=O) groups is 1. The molecule has 0 saturated heterocycles. The highest BCUT2D eigenvalue weighted by Gasteiger charge is 2.08. The first-order valence-corrected chi connectivity index (χ1v) is 7.73. The molecule has 0 radical (unpaired) electrons. The van der Waals surface area contributed by atoms with Gasteiger partial charge in [-0.05, 0) is 13.0 Å². The van der Waals surface area contributed by atoms with Gasteiger partial charge in [0.2, 0.25) is 5.91 Å². The quantitative estimate of drug-likeness (QED) is 0.560. The lowest BCUT2D eigenvalue weighted by Gasteiger charge is -2.07. The fourth-order valence-corrected chi connectivity index (χ4v) is 2.44. The van der Waals surface area contributed by atoms with E-state index in [0.717, 1.165) is 5.82 Å². The van der Waals surface area contributed by atoms with Gasteiger partial charge in [0.1, 0.15) is 23.8 Å². The number of aromatic nitrogens is 6. The lowest BCUT2D eigenvalue weighted by atomic mass is 10.5. The number of rotatable bonds is 5. The second-order valence-corrected chi connectivity index (χ2v) is 5.42. The minimum Gasteiger partial charge on any atom is -0.310 e. The fraction of sp³-hybridized carbons (Fsp3) is 0.143. The first-order valence-electron chi connectivity index (χ1n) is 6.74. The molecule has 3 aromatic rings. The summed E-state index contributed by atoms with van der Waals surface area (Å²) >= 11 is 1.26. The van der Waals surface area contributed by atoms with Crippen LogP contribution < -0.4 is 5.32 Å². The van der Waals surface area contributed by atoms with Gasteiger partial charge in [0.15, 0.2) is 5.16 Å². The molecule has 0 fully saturated rings. The topological polar surface area (TPSA) is 98.5 Å². The summed E-state index contributed by atoms with van der Waals surface area (Å²) in [5, 5.41) is 3.29. The molecule has 0 saturated carbocycles. The van der Waals surface area contributed by atoms with Crippen LogP contribution in [-0.2, 0) is 4.79 Å². The van der Waals surface area contributed by atoms with E-state index in [2.05, 4.69) is 30.2 Å². The van der Waals surface area contributed by atoms with Crippen molar-refractivity contribution in [3.63, 3.8) is 0 Å². The number of thioether (sulfide) groups is 1. The Labute approximate surface area is 136 Å². The summed E-state index contributed by atoms with van der Waals surface area (Å²) in [4.78, 5) is 32.5. The molecule has 0 unspecified atom stereocenters. The molecule has 0 aliphatic heterocycles. The van der Waals surface area contributed by atoms with Crippen molar-refractivity contribution in [2.45, 2.75) is 12.1 Å². The van der Waals surface area contributed by atoms with E-state index in [0.29, 0.717) is 16.8 Å². The number of hydrogen-bond acceptors (Lipinski definition) is 7. The van der Waals surface area contributed by atoms with Gasteiger partial charge in [-0.2, -0.15) is 0 Å². The van der Waals surface area contributed by atoms with Crippen molar-refractivity contribution in [2.24, 2.45) is 0 Å². The summed E-state index contributed by atoms with van der Waals surface area (Å²) in [5.41, 5.74) is 0. The fourth-order valence-electron chi connectivity index (χ4n) is 1.84. The Bertz CT molecular complexity index is 806. The number of nitrogens with zero attached hydrogens (tertiary/aromatic N) is 6. The van der Waals surface area contributed by atoms with Crippen LogP contribution in [-0.4, -0.2) is 41.1 Å². The van der Waals surface area contributed by atoms with Gasteiger partial charge in [-0.15, -0.1) is 0 Å². The summed E-state index contributed by atoms with van der Waals surface area (Å²) in [6.07, 6.45) is 8.16. The molecular formula is C14H13N7OS. The Hall–Kier alpha value is -2.81. The van der Waals surface area contributed by atoms with Crippen LogP contribution in [0, 0.1) is 6.92 Å². The van der Waals surface area contributed by atoms with E-state index in [9.17, 15) is 4.79 Å². The maximum Gasteiger partial charge on any atom is 0.236 e. The molecule has 3 aromatic heterocycles. The number of anilines is 1. The average Bonchev–Trinajstić information content (AvgIpc) is 3.00. The number of hydrogen-bond donors (Lipinski definition) is 1. The summed E-state index contributed by atoms with van der Waals surface area (Å²) in [6, 6.07) is 3.42. The van der Waals surface area contributed by atoms with Gasteiger partial charge in [-0.1, -0.05) is 11.8 Å². The van der Waals surface area contributed by atoms with Gasteiger partial charge in [-0.25, -0.2) is 24.9 Å². The van der Waals surface area contributed by atoms with Crippen LogP contribution >= 0.6 is 11.8 Å². The third-order valence-corrected chi connectivity index (χ3v) is 3.74. The van der Waals surface area contributed by atoms with E-state index < -0.39 is 0 Å². The third kappa shape index (κ3) is 3.89. The Morgan fingerprint density at radius 1 is 1.17 bits per heavy atom. The first-order chi connectivity index (χ1) is 11.2. The summed E-state index contributed by atoms with van der Waals surface area (Å²) in [6.45, 7) is 1.87. The predicted octanol–water partition coefficient (Wildman–Crippen LogP) is 1.49. The average molecular weight is 327 g/mol. The highest BCUT2D eigenvalue weighted by Crippen LogP contribution is 2.13. The molecule has 0 bridgehead atoms. The Morgan fingerprint density at radius 3 is 2.74 bits per heavy atom. The number of carbonyl (C=O) groups excluding carboxylic acids is 1. The highest BCUT2D eigenvalue weighted by atomic mass is 32.2. The molecule has 9 heteroatoms. The molecule has 1 N–H and O–H groups in total. The van der Waals surface area contributed by atoms with E-state index >= 15 is 0 Å². The van der Waals surface area contributed by atoms with Crippen LogP contribution in [0.3, 0.4) is 0 Å². The number of imidazole rings is 1. The summed E-state index contributed by atoms with van der Waals surface area (Å²) in [7, 11) is 0. The number of nitrogens with one attached hydrogen (secondary N) is 1. The van der Waals surface area contributed by atoms with E-state index in [1.54, 1.807) is 36.9 Å². The molecule has 8 nitrogen and oxygen atoms in total. The van der Waals surface area contributed by atoms with E-state index in [1.807, 2.05) is 11.5 Å². The van der Waals surface area contributed by atoms with Crippen LogP contribution in [0.5, 0.6) is 0 Å². The van der Waals surface area contributed by atoms with Crippen molar-refractivity contribution in [1.82, 2.24) is 29.5 Å². The Kier molecular flexibility index (Phi) is 4.57. The minimum atomic E-state index is -0.186. The molecule has 0 spiro atoms. The molecule has 3 rings (SSSR count). The summed E-state index contributed by atoms with van der Waals surface area (Å²) < 4.78 is 1.81. The van der Waals surface area contributed by atoms with Crippen LogP contribution in [0.1, 0.15) is 5.82 Å².